The predicted octanol–water partition coefficient (Wildman–Crippen LogP) is -3.01. The van der Waals surface area contributed by atoms with E-state index < -0.39 is 0 Å². The van der Waals surface area contributed by atoms with Gasteiger partial charge in [-0.3, -0.25) is 0 Å². The summed E-state index contributed by atoms with van der Waals surface area (Å²) in [6.07, 6.45) is 0. The molecule has 0 unspecified atom stereocenters. The Morgan fingerprint density at radius 2 is 0.500 bits per heavy atom. The summed E-state index contributed by atoms with van der Waals surface area (Å²) in [4.78, 5) is 0. The molecule has 0 rings (SSSR count). The largest absolute Gasteiger partial charge is 5.00 e. The third-order valence-electron chi connectivity index (χ3n) is 0. The minimum absolute atomic E-state index is 0. The van der Waals surface area contributed by atoms with E-state index in [0.717, 1.165) is 0 Å². The van der Waals surface area contributed by atoms with Crippen molar-refractivity contribution in [2.45, 2.75) is 0 Å². The zero-order valence-electron chi connectivity index (χ0n) is 3.99. The smallest absolute Gasteiger partial charge is 2.00 e. The van der Waals surface area contributed by atoms with Crippen LogP contribution in [-0.4, -0.2) is 0 Å². The summed E-state index contributed by atoms with van der Waals surface area (Å²) in [5.74, 6) is 0. The second-order valence-corrected chi connectivity index (χ2v) is 0. The normalized spacial score (nSPS) is 0. The Morgan fingerprint density at radius 3 is 0.500 bits per heavy atom. The molecule has 0 aromatic heterocycles. The molecule has 0 nitrogen and oxygen atoms in total. The maximum absolute atomic E-state index is 0. The Hall–Kier alpha value is 3.80. The van der Waals surface area contributed by atoms with Gasteiger partial charge in [-0.25, -0.2) is 0 Å². The van der Waals surface area contributed by atoms with Crippen molar-refractivity contribution in [3.63, 3.8) is 0 Å². The van der Waals surface area contributed by atoms with Crippen LogP contribution in [-0.2, 0) is 112 Å². The van der Waals surface area contributed by atoms with E-state index >= 15 is 0 Å². The van der Waals surface area contributed by atoms with Crippen molar-refractivity contribution in [1.29, 1.82) is 0 Å². The molecule has 8 heteroatoms. The minimum Gasteiger partial charge on any atom is -2.00 e. The van der Waals surface area contributed by atoms with Gasteiger partial charge >= 0.3 is 63.0 Å². The van der Waals surface area contributed by atoms with E-state index in [9.17, 15) is 0 Å². The van der Waals surface area contributed by atoms with Crippen LogP contribution in [0.3, 0.4) is 0 Å². The third kappa shape index (κ3) is 52.5. The van der Waals surface area contributed by atoms with Crippen LogP contribution in [0.2, 0.25) is 0 Å². The Bertz CT molecular complexity index is 12.4. The first-order valence-electron chi connectivity index (χ1n) is 0. The van der Waals surface area contributed by atoms with Crippen LogP contribution < -0.4 is 18.9 Å². The van der Waals surface area contributed by atoms with Gasteiger partial charge in [0.1, 0.15) is 0 Å². The SMILES string of the molecule is [Li+].[Nb+5].[S-2].[S-2].[S-2].[S-2].[S-2].[Ti+4]. The maximum Gasteiger partial charge on any atom is 5.00 e. The van der Waals surface area contributed by atoms with E-state index in [-0.39, 0.29) is 130 Å². The number of hydrogen-bond acceptors (Lipinski definition) is 0. The second kappa shape index (κ2) is 71.8. The summed E-state index contributed by atoms with van der Waals surface area (Å²) in [6, 6.07) is 0. The molecule has 0 atom stereocenters. The zero-order valence-corrected chi connectivity index (χ0v) is 11.8. The van der Waals surface area contributed by atoms with Gasteiger partial charge in [0.05, 0.1) is 0 Å². The van der Waals surface area contributed by atoms with E-state index in [4.69, 9.17) is 0 Å². The number of rotatable bonds is 0. The predicted molar refractivity (Wildman–Crippen MR) is 36.8 cm³/mol. The molecule has 0 saturated heterocycles. The molecule has 0 bridgehead atoms. The van der Waals surface area contributed by atoms with Gasteiger partial charge in [0.25, 0.3) is 0 Å². The van der Waals surface area contributed by atoms with E-state index in [2.05, 4.69) is 0 Å². The maximum atomic E-state index is 0. The fourth-order valence-corrected chi connectivity index (χ4v) is 0. The molecule has 0 amide bonds. The third-order valence-corrected chi connectivity index (χ3v) is 0. The van der Waals surface area contributed by atoms with Gasteiger partial charge in [0.15, 0.2) is 0 Å². The van der Waals surface area contributed by atoms with Crippen molar-refractivity contribution in [1.82, 2.24) is 0 Å². The van der Waals surface area contributed by atoms with Gasteiger partial charge in [-0.2, -0.15) is 0 Å². The molecule has 0 radical (unpaired) electrons. The first-order valence-corrected chi connectivity index (χ1v) is 0. The molecule has 0 aromatic carbocycles. The summed E-state index contributed by atoms with van der Waals surface area (Å²) in [5, 5.41) is 0. The molecule has 0 aliphatic carbocycles. The van der Waals surface area contributed by atoms with Gasteiger partial charge in [-0.05, 0) is 0 Å². The molecule has 40 valence electrons. The molecule has 0 aliphatic rings. The molecule has 0 aromatic rings. The average Bonchev–Trinajstić information content (AvgIpc) is 0. The Kier molecular flexibility index (Phi) is 855. The molecule has 8 heavy (non-hydrogen) atoms. The summed E-state index contributed by atoms with van der Waals surface area (Å²) < 4.78 is 0. The summed E-state index contributed by atoms with van der Waals surface area (Å²) in [6.45, 7) is 0. The van der Waals surface area contributed by atoms with Crippen molar-refractivity contribution >= 4 is 67.5 Å². The summed E-state index contributed by atoms with van der Waals surface area (Å²) in [7, 11) is 0. The monoisotopic (exact) mass is 308 g/mol. The number of hydrogen-bond donors (Lipinski definition) is 0. The van der Waals surface area contributed by atoms with Crippen molar-refractivity contribution < 1.29 is 63.0 Å². The quantitative estimate of drug-likeness (QED) is 0.418. The van der Waals surface area contributed by atoms with Crippen LogP contribution in [0.15, 0.2) is 0 Å². The molecule has 0 aliphatic heterocycles. The zero-order chi connectivity index (χ0) is 0. The van der Waals surface area contributed by atoms with Gasteiger partial charge in [-0.15, -0.1) is 0 Å². The first-order chi connectivity index (χ1) is 0. The van der Waals surface area contributed by atoms with Crippen molar-refractivity contribution in [2.75, 3.05) is 0 Å². The Balaban J connectivity index is 0. The molecule has 0 heterocycles. The van der Waals surface area contributed by atoms with Crippen LogP contribution >= 0.6 is 0 Å². The van der Waals surface area contributed by atoms with Crippen LogP contribution in [0, 0.1) is 0 Å². The molecular formula is LiNbS5Ti. The fraction of sp³-hybridized carbons (Fsp3) is 0. The molecule has 0 N–H and O–H groups in total. The minimum atomic E-state index is 0. The molecular weight excluding hydrogens is 308 g/mol. The van der Waals surface area contributed by atoms with Gasteiger partial charge in [-0.1, -0.05) is 0 Å². The van der Waals surface area contributed by atoms with E-state index in [1.165, 1.54) is 0 Å². The fourth-order valence-electron chi connectivity index (χ4n) is 0. The molecule has 0 spiro atoms. The Morgan fingerprint density at radius 1 is 0.500 bits per heavy atom. The average molecular weight is 308 g/mol. The van der Waals surface area contributed by atoms with Crippen molar-refractivity contribution in [3.05, 3.63) is 0 Å². The van der Waals surface area contributed by atoms with E-state index in [1.54, 1.807) is 0 Å². The van der Waals surface area contributed by atoms with Crippen LogP contribution in [0.1, 0.15) is 0 Å². The topological polar surface area (TPSA) is 0 Å². The second-order valence-electron chi connectivity index (χ2n) is 0. The molecule has 0 fully saturated rings. The van der Waals surface area contributed by atoms with Gasteiger partial charge in [0.2, 0.25) is 0 Å². The van der Waals surface area contributed by atoms with E-state index in [1.807, 2.05) is 0 Å². The van der Waals surface area contributed by atoms with Gasteiger partial charge < -0.3 is 67.5 Å². The van der Waals surface area contributed by atoms with Crippen LogP contribution in [0.4, 0.5) is 0 Å². The first kappa shape index (κ1) is 95.3. The molecule has 0 saturated carbocycles. The van der Waals surface area contributed by atoms with Crippen molar-refractivity contribution in [3.8, 4) is 0 Å². The van der Waals surface area contributed by atoms with Crippen molar-refractivity contribution in [2.24, 2.45) is 0 Å². The summed E-state index contributed by atoms with van der Waals surface area (Å²) in [5.41, 5.74) is 0. The standard InChI is InChI=1S/Li.Nb.5S.Ti/q+1;+5;5*-2;+4. The summed E-state index contributed by atoms with van der Waals surface area (Å²) >= 11 is 0. The Labute approximate surface area is 128 Å². The van der Waals surface area contributed by atoms with Gasteiger partial charge in [0, 0.05) is 0 Å². The van der Waals surface area contributed by atoms with Crippen LogP contribution in [0.5, 0.6) is 0 Å². The van der Waals surface area contributed by atoms with E-state index in [0.29, 0.717) is 0 Å². The van der Waals surface area contributed by atoms with Crippen LogP contribution in [0.25, 0.3) is 0 Å².